The third-order valence-corrected chi connectivity index (χ3v) is 3.07. The SMILES string of the molecule is CC1OCCN1C(=O)NC1CCCC1. The van der Waals surface area contributed by atoms with Crippen LogP contribution < -0.4 is 5.32 Å². The Hall–Kier alpha value is -0.770. The average Bonchev–Trinajstić information content (AvgIpc) is 2.75. The summed E-state index contributed by atoms with van der Waals surface area (Å²) in [5, 5.41) is 3.06. The zero-order chi connectivity index (χ0) is 9.97. The van der Waals surface area contributed by atoms with Gasteiger partial charge in [-0.1, -0.05) is 12.8 Å². The summed E-state index contributed by atoms with van der Waals surface area (Å²) in [5.41, 5.74) is 0. The Kier molecular flexibility index (Phi) is 2.91. The second-order valence-corrected chi connectivity index (χ2v) is 4.09. The predicted octanol–water partition coefficient (Wildman–Crippen LogP) is 1.32. The molecule has 0 aromatic carbocycles. The molecule has 0 aromatic heterocycles. The van der Waals surface area contributed by atoms with Crippen molar-refractivity contribution in [3.8, 4) is 0 Å². The molecule has 1 aliphatic heterocycles. The summed E-state index contributed by atoms with van der Waals surface area (Å²) >= 11 is 0. The first-order valence-corrected chi connectivity index (χ1v) is 5.46. The minimum atomic E-state index is -0.0589. The zero-order valence-electron chi connectivity index (χ0n) is 8.66. The molecular weight excluding hydrogens is 180 g/mol. The number of rotatable bonds is 1. The molecule has 0 radical (unpaired) electrons. The van der Waals surface area contributed by atoms with Gasteiger partial charge in [0.15, 0.2) is 0 Å². The smallest absolute Gasteiger partial charge is 0.319 e. The van der Waals surface area contributed by atoms with Crippen LogP contribution in [-0.4, -0.2) is 36.4 Å². The van der Waals surface area contributed by atoms with E-state index in [1.807, 2.05) is 6.92 Å². The molecule has 80 valence electrons. The highest BCUT2D eigenvalue weighted by Gasteiger charge is 2.27. The number of nitrogens with one attached hydrogen (secondary N) is 1. The van der Waals surface area contributed by atoms with Crippen molar-refractivity contribution in [2.24, 2.45) is 0 Å². The van der Waals surface area contributed by atoms with E-state index in [1.54, 1.807) is 4.90 Å². The Balaban J connectivity index is 1.82. The molecule has 14 heavy (non-hydrogen) atoms. The van der Waals surface area contributed by atoms with Crippen LogP contribution >= 0.6 is 0 Å². The van der Waals surface area contributed by atoms with Gasteiger partial charge in [-0.05, 0) is 19.8 Å². The van der Waals surface area contributed by atoms with Gasteiger partial charge in [-0.15, -0.1) is 0 Å². The van der Waals surface area contributed by atoms with Crippen molar-refractivity contribution in [2.45, 2.75) is 44.9 Å². The fraction of sp³-hybridized carbons (Fsp3) is 0.900. The molecular formula is C10H18N2O2. The third kappa shape index (κ3) is 2.00. The van der Waals surface area contributed by atoms with Gasteiger partial charge in [0, 0.05) is 12.6 Å². The lowest BCUT2D eigenvalue weighted by Gasteiger charge is -2.22. The van der Waals surface area contributed by atoms with Crippen molar-refractivity contribution in [3.63, 3.8) is 0 Å². The molecule has 1 N–H and O–H groups in total. The van der Waals surface area contributed by atoms with Gasteiger partial charge >= 0.3 is 6.03 Å². The third-order valence-electron chi connectivity index (χ3n) is 3.07. The molecule has 1 unspecified atom stereocenters. The number of carbonyl (C=O) groups excluding carboxylic acids is 1. The molecule has 1 saturated heterocycles. The highest BCUT2D eigenvalue weighted by molar-refractivity contribution is 5.74. The van der Waals surface area contributed by atoms with Crippen LogP contribution in [0.5, 0.6) is 0 Å². The maximum atomic E-state index is 11.7. The number of hydrogen-bond acceptors (Lipinski definition) is 2. The highest BCUT2D eigenvalue weighted by Crippen LogP contribution is 2.18. The van der Waals surface area contributed by atoms with Crippen molar-refractivity contribution in [1.29, 1.82) is 0 Å². The highest BCUT2D eigenvalue weighted by atomic mass is 16.5. The van der Waals surface area contributed by atoms with E-state index in [4.69, 9.17) is 4.74 Å². The molecule has 2 rings (SSSR count). The number of nitrogens with zero attached hydrogens (tertiary/aromatic N) is 1. The summed E-state index contributed by atoms with van der Waals surface area (Å²) in [6.07, 6.45) is 4.70. The molecule has 0 bridgehead atoms. The summed E-state index contributed by atoms with van der Waals surface area (Å²) in [7, 11) is 0. The van der Waals surface area contributed by atoms with Crippen LogP contribution in [0, 0.1) is 0 Å². The van der Waals surface area contributed by atoms with Crippen molar-refractivity contribution >= 4 is 6.03 Å². The van der Waals surface area contributed by atoms with Gasteiger partial charge in [0.25, 0.3) is 0 Å². The number of hydrogen-bond donors (Lipinski definition) is 1. The molecule has 2 amide bonds. The first kappa shape index (κ1) is 9.77. The van der Waals surface area contributed by atoms with Gasteiger partial charge in [-0.2, -0.15) is 0 Å². The molecule has 0 spiro atoms. The van der Waals surface area contributed by atoms with E-state index >= 15 is 0 Å². The fourth-order valence-corrected chi connectivity index (χ4v) is 2.19. The molecule has 1 saturated carbocycles. The summed E-state index contributed by atoms with van der Waals surface area (Å²) in [6, 6.07) is 0.442. The second-order valence-electron chi connectivity index (χ2n) is 4.09. The van der Waals surface area contributed by atoms with Crippen molar-refractivity contribution < 1.29 is 9.53 Å². The summed E-state index contributed by atoms with van der Waals surface area (Å²) < 4.78 is 5.32. The average molecular weight is 198 g/mol. The summed E-state index contributed by atoms with van der Waals surface area (Å²) in [4.78, 5) is 13.5. The lowest BCUT2D eigenvalue weighted by molar-refractivity contribution is 0.0641. The minimum absolute atomic E-state index is 0.0434. The maximum Gasteiger partial charge on any atom is 0.319 e. The lowest BCUT2D eigenvalue weighted by Crippen LogP contribution is -2.45. The van der Waals surface area contributed by atoms with E-state index in [0.29, 0.717) is 12.6 Å². The molecule has 1 atom stereocenters. The Morgan fingerprint density at radius 3 is 2.71 bits per heavy atom. The van der Waals surface area contributed by atoms with Gasteiger partial charge in [0.2, 0.25) is 0 Å². The number of amides is 2. The van der Waals surface area contributed by atoms with Crippen molar-refractivity contribution in [2.75, 3.05) is 13.2 Å². The van der Waals surface area contributed by atoms with Crippen LogP contribution in [0.1, 0.15) is 32.6 Å². The van der Waals surface area contributed by atoms with Crippen LogP contribution in [0.15, 0.2) is 0 Å². The van der Waals surface area contributed by atoms with Crippen molar-refractivity contribution in [1.82, 2.24) is 10.2 Å². The maximum absolute atomic E-state index is 11.7. The molecule has 0 aromatic rings. The Morgan fingerprint density at radius 2 is 2.14 bits per heavy atom. The Labute approximate surface area is 84.6 Å². The lowest BCUT2D eigenvalue weighted by atomic mass is 10.2. The first-order chi connectivity index (χ1) is 6.77. The predicted molar refractivity (Wildman–Crippen MR) is 52.9 cm³/mol. The standard InChI is InChI=1S/C10H18N2O2/c1-8-12(6-7-14-8)10(13)11-9-4-2-3-5-9/h8-9H,2-7H2,1H3,(H,11,13). The molecule has 2 fully saturated rings. The minimum Gasteiger partial charge on any atom is -0.357 e. The monoisotopic (exact) mass is 198 g/mol. The topological polar surface area (TPSA) is 41.6 Å². The van der Waals surface area contributed by atoms with E-state index in [1.165, 1.54) is 12.8 Å². The van der Waals surface area contributed by atoms with Crippen LogP contribution in [0.3, 0.4) is 0 Å². The van der Waals surface area contributed by atoms with Gasteiger partial charge in [-0.3, -0.25) is 4.90 Å². The van der Waals surface area contributed by atoms with Gasteiger partial charge in [0.1, 0.15) is 6.23 Å². The van der Waals surface area contributed by atoms with E-state index in [2.05, 4.69) is 5.32 Å². The van der Waals surface area contributed by atoms with Crippen molar-refractivity contribution in [3.05, 3.63) is 0 Å². The summed E-state index contributed by atoms with van der Waals surface area (Å²) in [6.45, 7) is 3.31. The van der Waals surface area contributed by atoms with Crippen LogP contribution in [-0.2, 0) is 4.74 Å². The van der Waals surface area contributed by atoms with Crippen LogP contribution in [0.4, 0.5) is 4.79 Å². The number of urea groups is 1. The molecule has 4 nitrogen and oxygen atoms in total. The van der Waals surface area contributed by atoms with Gasteiger partial charge < -0.3 is 10.1 Å². The Morgan fingerprint density at radius 1 is 1.43 bits per heavy atom. The van der Waals surface area contributed by atoms with E-state index in [9.17, 15) is 4.79 Å². The van der Waals surface area contributed by atoms with E-state index in [-0.39, 0.29) is 12.3 Å². The zero-order valence-corrected chi connectivity index (χ0v) is 8.66. The normalized spacial score (nSPS) is 28.4. The molecule has 1 heterocycles. The largest absolute Gasteiger partial charge is 0.357 e. The van der Waals surface area contributed by atoms with E-state index < -0.39 is 0 Å². The van der Waals surface area contributed by atoms with Gasteiger partial charge in [-0.25, -0.2) is 4.79 Å². The van der Waals surface area contributed by atoms with Crippen LogP contribution in [0.2, 0.25) is 0 Å². The van der Waals surface area contributed by atoms with E-state index in [0.717, 1.165) is 19.4 Å². The summed E-state index contributed by atoms with van der Waals surface area (Å²) in [5.74, 6) is 0. The molecule has 1 aliphatic carbocycles. The Bertz CT molecular complexity index is 214. The fourth-order valence-electron chi connectivity index (χ4n) is 2.19. The number of ether oxygens (including phenoxy) is 1. The van der Waals surface area contributed by atoms with Crippen LogP contribution in [0.25, 0.3) is 0 Å². The quantitative estimate of drug-likeness (QED) is 0.690. The molecule has 4 heteroatoms. The second kappa shape index (κ2) is 4.17. The van der Waals surface area contributed by atoms with Gasteiger partial charge in [0.05, 0.1) is 6.61 Å². The number of carbonyl (C=O) groups is 1. The first-order valence-electron chi connectivity index (χ1n) is 5.46. The molecule has 2 aliphatic rings.